The summed E-state index contributed by atoms with van der Waals surface area (Å²) in [5.41, 5.74) is 9.47. The highest BCUT2D eigenvalue weighted by atomic mass is 16.5. The first kappa shape index (κ1) is 18.4. The molecule has 1 unspecified atom stereocenters. The quantitative estimate of drug-likeness (QED) is 0.646. The molecule has 4 heteroatoms. The van der Waals surface area contributed by atoms with Crippen LogP contribution in [0.25, 0.3) is 0 Å². The van der Waals surface area contributed by atoms with Gasteiger partial charge >= 0.3 is 0 Å². The van der Waals surface area contributed by atoms with Gasteiger partial charge in [-0.2, -0.15) is 0 Å². The smallest absolute Gasteiger partial charge is 0.160 e. The minimum absolute atomic E-state index is 0.422. The lowest BCUT2D eigenvalue weighted by atomic mass is 9.94. The molecule has 0 saturated heterocycles. The molecule has 1 aromatic heterocycles. The van der Waals surface area contributed by atoms with Crippen molar-refractivity contribution in [3.63, 3.8) is 0 Å². The van der Waals surface area contributed by atoms with Crippen LogP contribution in [0, 0.1) is 0 Å². The molecule has 0 spiro atoms. The second-order valence-electron chi connectivity index (χ2n) is 6.35. The largest absolute Gasteiger partial charge is 0.493 e. The lowest BCUT2D eigenvalue weighted by Gasteiger charge is -2.14. The maximum atomic E-state index is 5.54. The van der Waals surface area contributed by atoms with Crippen LogP contribution in [0.1, 0.15) is 48.9 Å². The van der Waals surface area contributed by atoms with E-state index < -0.39 is 0 Å². The standard InChI is InChI=1S/C20H30N2O2/c1-15(17-8-9-19(23-2)20(13-17)24-3)11-16-12-18(22-14-16)7-5-4-6-10-21/h8-9,12-15,22H,4-7,10-11,21H2,1-3H3. The van der Waals surface area contributed by atoms with Crippen LogP contribution in [0.4, 0.5) is 0 Å². The molecule has 2 aromatic rings. The number of nitrogens with one attached hydrogen (secondary N) is 1. The number of unbranched alkanes of at least 4 members (excludes halogenated alkanes) is 2. The summed E-state index contributed by atoms with van der Waals surface area (Å²) in [7, 11) is 3.34. The molecule has 24 heavy (non-hydrogen) atoms. The summed E-state index contributed by atoms with van der Waals surface area (Å²) >= 11 is 0. The molecule has 0 aliphatic rings. The van der Waals surface area contributed by atoms with E-state index in [4.69, 9.17) is 15.2 Å². The van der Waals surface area contributed by atoms with Gasteiger partial charge in [0.15, 0.2) is 11.5 Å². The highest BCUT2D eigenvalue weighted by Gasteiger charge is 2.12. The number of aromatic nitrogens is 1. The third-order valence-electron chi connectivity index (χ3n) is 4.47. The SMILES string of the molecule is COc1ccc(C(C)Cc2c[nH]c(CCCCCN)c2)cc1OC. The topological polar surface area (TPSA) is 60.3 Å². The van der Waals surface area contributed by atoms with Crippen LogP contribution >= 0.6 is 0 Å². The zero-order valence-electron chi connectivity index (χ0n) is 15.1. The van der Waals surface area contributed by atoms with Crippen LogP contribution < -0.4 is 15.2 Å². The predicted octanol–water partition coefficient (Wildman–Crippen LogP) is 4.05. The van der Waals surface area contributed by atoms with Gasteiger partial charge in [-0.25, -0.2) is 0 Å². The Hall–Kier alpha value is -1.94. The molecule has 1 aromatic carbocycles. The molecule has 0 amide bonds. The summed E-state index contributed by atoms with van der Waals surface area (Å²) in [6.45, 7) is 3.04. The molecule has 0 bridgehead atoms. The summed E-state index contributed by atoms with van der Waals surface area (Å²) in [4.78, 5) is 3.40. The average Bonchev–Trinajstić information content (AvgIpc) is 3.05. The molecular weight excluding hydrogens is 300 g/mol. The van der Waals surface area contributed by atoms with Gasteiger partial charge in [0.25, 0.3) is 0 Å². The van der Waals surface area contributed by atoms with Crippen LogP contribution in [-0.2, 0) is 12.8 Å². The van der Waals surface area contributed by atoms with E-state index in [1.54, 1.807) is 14.2 Å². The maximum absolute atomic E-state index is 5.54. The normalized spacial score (nSPS) is 12.2. The highest BCUT2D eigenvalue weighted by Crippen LogP contribution is 2.31. The van der Waals surface area contributed by atoms with Gasteiger partial charge in [0, 0.05) is 11.9 Å². The molecule has 0 radical (unpaired) electrons. The molecule has 1 heterocycles. The van der Waals surface area contributed by atoms with Crippen LogP contribution in [0.15, 0.2) is 30.5 Å². The van der Waals surface area contributed by atoms with Crippen molar-refractivity contribution in [3.05, 3.63) is 47.3 Å². The second kappa shape index (κ2) is 9.38. The average molecular weight is 330 g/mol. The van der Waals surface area contributed by atoms with E-state index in [0.29, 0.717) is 5.92 Å². The first-order valence-corrected chi connectivity index (χ1v) is 8.76. The Morgan fingerprint density at radius 2 is 1.83 bits per heavy atom. The van der Waals surface area contributed by atoms with Crippen molar-refractivity contribution in [1.82, 2.24) is 4.98 Å². The van der Waals surface area contributed by atoms with Crippen molar-refractivity contribution >= 4 is 0 Å². The number of hydrogen-bond donors (Lipinski definition) is 2. The van der Waals surface area contributed by atoms with E-state index in [9.17, 15) is 0 Å². The minimum atomic E-state index is 0.422. The molecule has 0 aliphatic carbocycles. The van der Waals surface area contributed by atoms with Crippen molar-refractivity contribution in [2.45, 2.75) is 44.9 Å². The molecule has 3 N–H and O–H groups in total. The number of aryl methyl sites for hydroxylation is 1. The van der Waals surface area contributed by atoms with Crippen LogP contribution in [0.2, 0.25) is 0 Å². The Balaban J connectivity index is 1.94. The van der Waals surface area contributed by atoms with E-state index in [1.807, 2.05) is 6.07 Å². The van der Waals surface area contributed by atoms with Gasteiger partial charge in [-0.05, 0) is 67.5 Å². The van der Waals surface area contributed by atoms with Crippen LogP contribution in [0.3, 0.4) is 0 Å². The summed E-state index contributed by atoms with van der Waals surface area (Å²) < 4.78 is 10.7. The molecule has 132 valence electrons. The van der Waals surface area contributed by atoms with Crippen LogP contribution in [0.5, 0.6) is 11.5 Å². The van der Waals surface area contributed by atoms with Crippen molar-refractivity contribution < 1.29 is 9.47 Å². The monoisotopic (exact) mass is 330 g/mol. The van der Waals surface area contributed by atoms with Gasteiger partial charge in [0.1, 0.15) is 0 Å². The number of hydrogen-bond acceptors (Lipinski definition) is 3. The second-order valence-corrected chi connectivity index (χ2v) is 6.35. The van der Waals surface area contributed by atoms with Gasteiger partial charge < -0.3 is 20.2 Å². The first-order chi connectivity index (χ1) is 11.7. The summed E-state index contributed by atoms with van der Waals surface area (Å²) in [5.74, 6) is 1.98. The van der Waals surface area contributed by atoms with Crippen molar-refractivity contribution in [2.75, 3.05) is 20.8 Å². The summed E-state index contributed by atoms with van der Waals surface area (Å²) in [6, 6.07) is 8.46. The number of methoxy groups -OCH3 is 2. The minimum Gasteiger partial charge on any atom is -0.493 e. The molecular formula is C20H30N2O2. The fourth-order valence-corrected chi connectivity index (χ4v) is 3.02. The third kappa shape index (κ3) is 5.03. The van der Waals surface area contributed by atoms with Gasteiger partial charge in [-0.3, -0.25) is 0 Å². The molecule has 0 saturated carbocycles. The van der Waals surface area contributed by atoms with Crippen molar-refractivity contribution in [1.29, 1.82) is 0 Å². The first-order valence-electron chi connectivity index (χ1n) is 8.76. The Kier molecular flexibility index (Phi) is 7.19. The summed E-state index contributed by atoms with van der Waals surface area (Å²) in [5, 5.41) is 0. The fourth-order valence-electron chi connectivity index (χ4n) is 3.02. The molecule has 0 fully saturated rings. The lowest BCUT2D eigenvalue weighted by molar-refractivity contribution is 0.354. The number of benzene rings is 1. The van der Waals surface area contributed by atoms with Crippen molar-refractivity contribution in [3.8, 4) is 11.5 Å². The van der Waals surface area contributed by atoms with E-state index in [2.05, 4.69) is 36.3 Å². The highest BCUT2D eigenvalue weighted by molar-refractivity contribution is 5.44. The number of rotatable bonds is 10. The van der Waals surface area contributed by atoms with Gasteiger partial charge in [-0.1, -0.05) is 19.4 Å². The number of nitrogens with two attached hydrogens (primary N) is 1. The van der Waals surface area contributed by atoms with E-state index in [-0.39, 0.29) is 0 Å². The molecule has 1 atom stereocenters. The number of aromatic amines is 1. The zero-order chi connectivity index (χ0) is 17.4. The van der Waals surface area contributed by atoms with E-state index in [0.717, 1.165) is 37.3 Å². The Bertz CT molecular complexity index is 622. The van der Waals surface area contributed by atoms with Gasteiger partial charge in [0.2, 0.25) is 0 Å². The number of H-pyrrole nitrogens is 1. The lowest BCUT2D eigenvalue weighted by Crippen LogP contribution is -1.99. The maximum Gasteiger partial charge on any atom is 0.160 e. The third-order valence-corrected chi connectivity index (χ3v) is 4.47. The fraction of sp³-hybridized carbons (Fsp3) is 0.500. The molecule has 0 aliphatic heterocycles. The number of ether oxygens (including phenoxy) is 2. The van der Waals surface area contributed by atoms with E-state index >= 15 is 0 Å². The van der Waals surface area contributed by atoms with E-state index in [1.165, 1.54) is 29.7 Å². The summed E-state index contributed by atoms with van der Waals surface area (Å²) in [6.07, 6.45) is 7.76. The zero-order valence-corrected chi connectivity index (χ0v) is 15.1. The molecule has 2 rings (SSSR count). The Labute approximate surface area is 145 Å². The Morgan fingerprint density at radius 3 is 2.54 bits per heavy atom. The van der Waals surface area contributed by atoms with Gasteiger partial charge in [-0.15, -0.1) is 0 Å². The van der Waals surface area contributed by atoms with Crippen molar-refractivity contribution in [2.24, 2.45) is 5.73 Å². The van der Waals surface area contributed by atoms with Gasteiger partial charge in [0.05, 0.1) is 14.2 Å². The molecule has 4 nitrogen and oxygen atoms in total. The Morgan fingerprint density at radius 1 is 1.04 bits per heavy atom. The predicted molar refractivity (Wildman–Crippen MR) is 99.1 cm³/mol. The van der Waals surface area contributed by atoms with Crippen LogP contribution in [-0.4, -0.2) is 25.7 Å².